The van der Waals surface area contributed by atoms with Gasteiger partial charge in [-0.05, 0) is 37.1 Å². The lowest BCUT2D eigenvalue weighted by molar-refractivity contribution is 0.0958. The number of pyridine rings is 2. The third kappa shape index (κ3) is 4.60. The van der Waals surface area contributed by atoms with Gasteiger partial charge in [0.25, 0.3) is 5.91 Å². The second kappa shape index (κ2) is 7.79. The van der Waals surface area contributed by atoms with E-state index in [4.69, 9.17) is 6.42 Å². The van der Waals surface area contributed by atoms with Crippen LogP contribution >= 0.6 is 0 Å². The minimum Gasteiger partial charge on any atom is -0.370 e. The quantitative estimate of drug-likeness (QED) is 0.797. The molecule has 0 radical (unpaired) electrons. The number of nitrogens with zero attached hydrogens (tertiary/aromatic N) is 2. The first-order valence-electron chi connectivity index (χ1n) is 7.02. The topological polar surface area (TPSA) is 66.9 Å². The lowest BCUT2D eigenvalue weighted by atomic mass is 10.2. The number of amides is 1. The summed E-state index contributed by atoms with van der Waals surface area (Å²) in [7, 11) is 0. The van der Waals surface area contributed by atoms with E-state index in [-0.39, 0.29) is 12.5 Å². The van der Waals surface area contributed by atoms with Crippen LogP contribution in [0.3, 0.4) is 0 Å². The van der Waals surface area contributed by atoms with Gasteiger partial charge in [0.15, 0.2) is 0 Å². The average molecular weight is 294 g/mol. The molecule has 0 aliphatic heterocycles. The van der Waals surface area contributed by atoms with Crippen molar-refractivity contribution in [3.8, 4) is 12.3 Å². The summed E-state index contributed by atoms with van der Waals surface area (Å²) in [5.41, 5.74) is 2.67. The molecule has 0 spiro atoms. The van der Waals surface area contributed by atoms with Gasteiger partial charge in [-0.2, -0.15) is 0 Å². The van der Waals surface area contributed by atoms with Crippen LogP contribution in [0.2, 0.25) is 0 Å². The molecule has 22 heavy (non-hydrogen) atoms. The third-order valence-electron chi connectivity index (χ3n) is 3.07. The monoisotopic (exact) mass is 294 g/mol. The molecule has 0 unspecified atom stereocenters. The molecule has 2 rings (SSSR count). The predicted octanol–water partition coefficient (Wildman–Crippen LogP) is 1.80. The molecule has 0 aliphatic carbocycles. The number of carbonyl (C=O) groups excluding carboxylic acids is 1. The number of terminal acetylenes is 1. The van der Waals surface area contributed by atoms with Gasteiger partial charge in [-0.1, -0.05) is 12.0 Å². The van der Waals surface area contributed by atoms with E-state index in [1.165, 1.54) is 11.8 Å². The first-order chi connectivity index (χ1) is 10.7. The molecule has 5 heteroatoms. The van der Waals surface area contributed by atoms with Gasteiger partial charge in [-0.3, -0.25) is 9.78 Å². The van der Waals surface area contributed by atoms with Crippen molar-refractivity contribution in [3.63, 3.8) is 0 Å². The van der Waals surface area contributed by atoms with Crippen LogP contribution in [0.1, 0.15) is 21.6 Å². The number of nitrogens with one attached hydrogen (secondary N) is 2. The molecule has 0 aromatic carbocycles. The molecule has 0 atom stereocenters. The Kier molecular flexibility index (Phi) is 5.50. The molecule has 0 bridgehead atoms. The van der Waals surface area contributed by atoms with Gasteiger partial charge in [0, 0.05) is 24.6 Å². The number of hydrogen-bond acceptors (Lipinski definition) is 4. The van der Waals surface area contributed by atoms with Crippen LogP contribution in [-0.4, -0.2) is 29.0 Å². The second-order valence-corrected chi connectivity index (χ2v) is 4.80. The van der Waals surface area contributed by atoms with Crippen LogP contribution in [0.4, 0.5) is 5.82 Å². The summed E-state index contributed by atoms with van der Waals surface area (Å²) in [5.74, 6) is 2.87. The van der Waals surface area contributed by atoms with Gasteiger partial charge < -0.3 is 10.6 Å². The van der Waals surface area contributed by atoms with Crippen LogP contribution in [-0.2, 0) is 6.42 Å². The lowest BCUT2D eigenvalue weighted by Crippen LogP contribution is -2.23. The highest BCUT2D eigenvalue weighted by Gasteiger charge is 2.04. The fraction of sp³-hybridized carbons (Fsp3) is 0.235. The van der Waals surface area contributed by atoms with Crippen molar-refractivity contribution >= 4 is 11.7 Å². The number of carbonyl (C=O) groups is 1. The van der Waals surface area contributed by atoms with Crippen molar-refractivity contribution in [1.82, 2.24) is 15.3 Å². The average Bonchev–Trinajstić information content (AvgIpc) is 2.55. The van der Waals surface area contributed by atoms with E-state index >= 15 is 0 Å². The van der Waals surface area contributed by atoms with E-state index in [1.54, 1.807) is 12.1 Å². The smallest absolute Gasteiger partial charge is 0.253 e. The molecule has 2 aromatic heterocycles. The second-order valence-electron chi connectivity index (χ2n) is 4.80. The van der Waals surface area contributed by atoms with E-state index in [2.05, 4.69) is 32.6 Å². The van der Waals surface area contributed by atoms with Crippen LogP contribution in [0.5, 0.6) is 0 Å². The molecule has 0 saturated heterocycles. The number of hydrogen-bond donors (Lipinski definition) is 2. The molecule has 0 saturated carbocycles. The van der Waals surface area contributed by atoms with E-state index in [0.717, 1.165) is 24.5 Å². The maximum absolute atomic E-state index is 11.7. The van der Waals surface area contributed by atoms with Crippen molar-refractivity contribution in [2.45, 2.75) is 13.3 Å². The summed E-state index contributed by atoms with van der Waals surface area (Å²) in [6.45, 7) is 2.93. The lowest BCUT2D eigenvalue weighted by Gasteiger charge is -2.07. The molecule has 2 N–H and O–H groups in total. The van der Waals surface area contributed by atoms with E-state index in [9.17, 15) is 4.79 Å². The highest BCUT2D eigenvalue weighted by molar-refractivity contribution is 5.94. The molecule has 5 nitrogen and oxygen atoms in total. The van der Waals surface area contributed by atoms with E-state index in [0.29, 0.717) is 5.56 Å². The van der Waals surface area contributed by atoms with Crippen LogP contribution in [0, 0.1) is 19.3 Å². The molecule has 0 fully saturated rings. The summed E-state index contributed by atoms with van der Waals surface area (Å²) in [6.07, 6.45) is 9.36. The standard InChI is InChI=1S/C17H18N4O/c1-3-9-19-17(22)15-6-7-16(21-12-15)18-10-8-14-5-4-13(2)20-11-14/h1,4-7,11-12H,8-10H2,2H3,(H,18,21)(H,19,22). The highest BCUT2D eigenvalue weighted by Crippen LogP contribution is 2.06. The minimum absolute atomic E-state index is 0.212. The molecular weight excluding hydrogens is 276 g/mol. The van der Waals surface area contributed by atoms with Crippen LogP contribution < -0.4 is 10.6 Å². The first kappa shape index (κ1) is 15.5. The SMILES string of the molecule is C#CCNC(=O)c1ccc(NCCc2ccc(C)nc2)nc1. The molecule has 112 valence electrons. The number of aromatic nitrogens is 2. The van der Waals surface area contributed by atoms with Crippen LogP contribution in [0.15, 0.2) is 36.7 Å². The van der Waals surface area contributed by atoms with Crippen molar-refractivity contribution in [3.05, 3.63) is 53.5 Å². The Labute approximate surface area is 130 Å². The summed E-state index contributed by atoms with van der Waals surface area (Å²) in [5, 5.41) is 5.81. The Morgan fingerprint density at radius 1 is 1.23 bits per heavy atom. The maximum Gasteiger partial charge on any atom is 0.253 e. The van der Waals surface area contributed by atoms with E-state index < -0.39 is 0 Å². The van der Waals surface area contributed by atoms with Gasteiger partial charge >= 0.3 is 0 Å². The summed E-state index contributed by atoms with van der Waals surface area (Å²) < 4.78 is 0. The Morgan fingerprint density at radius 3 is 2.73 bits per heavy atom. The third-order valence-corrected chi connectivity index (χ3v) is 3.07. The van der Waals surface area contributed by atoms with Crippen molar-refractivity contribution < 1.29 is 4.79 Å². The van der Waals surface area contributed by atoms with Gasteiger partial charge in [-0.15, -0.1) is 6.42 Å². The normalized spacial score (nSPS) is 9.82. The zero-order valence-electron chi connectivity index (χ0n) is 12.5. The predicted molar refractivity (Wildman–Crippen MR) is 86.6 cm³/mol. The fourth-order valence-electron chi connectivity index (χ4n) is 1.85. The molecule has 1 amide bonds. The zero-order valence-corrected chi connectivity index (χ0v) is 12.5. The molecule has 0 aliphatic rings. The molecule has 2 aromatic rings. The van der Waals surface area contributed by atoms with Crippen LogP contribution in [0.25, 0.3) is 0 Å². The minimum atomic E-state index is -0.220. The summed E-state index contributed by atoms with van der Waals surface area (Å²) in [4.78, 5) is 20.1. The first-order valence-corrected chi connectivity index (χ1v) is 7.02. The highest BCUT2D eigenvalue weighted by atomic mass is 16.1. The Morgan fingerprint density at radius 2 is 2.09 bits per heavy atom. The van der Waals surface area contributed by atoms with Gasteiger partial charge in [0.05, 0.1) is 12.1 Å². The maximum atomic E-state index is 11.7. The Hall–Kier alpha value is -2.87. The molecular formula is C17H18N4O. The fourth-order valence-corrected chi connectivity index (χ4v) is 1.85. The van der Waals surface area contributed by atoms with Crippen molar-refractivity contribution in [1.29, 1.82) is 0 Å². The van der Waals surface area contributed by atoms with E-state index in [1.807, 2.05) is 19.2 Å². The Balaban J connectivity index is 1.82. The Bertz CT molecular complexity index is 657. The van der Waals surface area contributed by atoms with Gasteiger partial charge in [-0.25, -0.2) is 4.98 Å². The van der Waals surface area contributed by atoms with Crippen molar-refractivity contribution in [2.24, 2.45) is 0 Å². The van der Waals surface area contributed by atoms with Gasteiger partial charge in [0.1, 0.15) is 5.82 Å². The number of aryl methyl sites for hydroxylation is 1. The summed E-state index contributed by atoms with van der Waals surface area (Å²) in [6, 6.07) is 7.56. The number of anilines is 1. The van der Waals surface area contributed by atoms with Gasteiger partial charge in [0.2, 0.25) is 0 Å². The van der Waals surface area contributed by atoms with Crippen molar-refractivity contribution in [2.75, 3.05) is 18.4 Å². The summed E-state index contributed by atoms with van der Waals surface area (Å²) >= 11 is 0. The number of rotatable bonds is 6. The molecule has 2 heterocycles. The largest absolute Gasteiger partial charge is 0.370 e. The zero-order chi connectivity index (χ0) is 15.8.